The first-order chi connectivity index (χ1) is 11.3. The van der Waals surface area contributed by atoms with E-state index in [9.17, 15) is 4.79 Å². The number of methoxy groups -OCH3 is 1. The highest BCUT2D eigenvalue weighted by atomic mass is 16.5. The van der Waals surface area contributed by atoms with Gasteiger partial charge in [0.25, 0.3) is 0 Å². The predicted molar refractivity (Wildman–Crippen MR) is 90.7 cm³/mol. The van der Waals surface area contributed by atoms with E-state index in [0.717, 1.165) is 18.8 Å². The number of pyridine rings is 1. The molecule has 2 heterocycles. The number of ketones is 1. The summed E-state index contributed by atoms with van der Waals surface area (Å²) in [5.74, 6) is 0.723. The smallest absolute Gasteiger partial charge is 0.191 e. The molecule has 4 nitrogen and oxygen atoms in total. The number of ether oxygens (including phenoxy) is 1. The Labute approximate surface area is 136 Å². The van der Waals surface area contributed by atoms with Crippen molar-refractivity contribution in [2.75, 3.05) is 25.1 Å². The highest BCUT2D eigenvalue weighted by molar-refractivity contribution is 6.05. The van der Waals surface area contributed by atoms with Crippen molar-refractivity contribution >= 4 is 17.7 Å². The van der Waals surface area contributed by atoms with E-state index < -0.39 is 0 Å². The number of anilines is 1. The van der Waals surface area contributed by atoms with Gasteiger partial charge in [0.1, 0.15) is 5.75 Å². The van der Waals surface area contributed by atoms with Crippen LogP contribution in [0.2, 0.25) is 0 Å². The van der Waals surface area contributed by atoms with Crippen molar-refractivity contribution in [3.8, 4) is 5.75 Å². The molecule has 0 bridgehead atoms. The highest BCUT2D eigenvalue weighted by Crippen LogP contribution is 2.18. The second-order valence-corrected chi connectivity index (χ2v) is 5.61. The Hall–Kier alpha value is -2.62. The summed E-state index contributed by atoms with van der Waals surface area (Å²) in [7, 11) is 1.61. The van der Waals surface area contributed by atoms with E-state index in [4.69, 9.17) is 4.74 Å². The lowest BCUT2D eigenvalue weighted by Gasteiger charge is -2.15. The number of aromatic nitrogens is 1. The van der Waals surface area contributed by atoms with Gasteiger partial charge in [0, 0.05) is 36.5 Å². The number of allylic oxidation sites excluding steroid dienone is 1. The lowest BCUT2D eigenvalue weighted by atomic mass is 10.1. The summed E-state index contributed by atoms with van der Waals surface area (Å²) < 4.78 is 6.98. The van der Waals surface area contributed by atoms with Gasteiger partial charge in [-0.05, 0) is 37.1 Å². The van der Waals surface area contributed by atoms with Crippen molar-refractivity contribution in [1.82, 2.24) is 0 Å². The van der Waals surface area contributed by atoms with E-state index in [2.05, 4.69) is 17.0 Å². The molecule has 1 fully saturated rings. The minimum absolute atomic E-state index is 0.0243. The zero-order valence-corrected chi connectivity index (χ0v) is 13.3. The summed E-state index contributed by atoms with van der Waals surface area (Å²) in [5, 5.41) is 0. The molecule has 0 saturated carbocycles. The Morgan fingerprint density at radius 3 is 2.35 bits per heavy atom. The van der Waals surface area contributed by atoms with Crippen LogP contribution >= 0.6 is 0 Å². The molecule has 3 rings (SSSR count). The molecular weight excluding hydrogens is 288 g/mol. The van der Waals surface area contributed by atoms with Gasteiger partial charge in [0.05, 0.1) is 13.2 Å². The average molecular weight is 309 g/mol. The summed E-state index contributed by atoms with van der Waals surface area (Å²) >= 11 is 0. The zero-order chi connectivity index (χ0) is 16.1. The van der Waals surface area contributed by atoms with Gasteiger partial charge in [0.15, 0.2) is 24.4 Å². The topological polar surface area (TPSA) is 33.4 Å². The van der Waals surface area contributed by atoms with Crippen molar-refractivity contribution in [2.24, 2.45) is 0 Å². The van der Waals surface area contributed by atoms with Crippen LogP contribution in [0.3, 0.4) is 0 Å². The van der Waals surface area contributed by atoms with E-state index >= 15 is 0 Å². The van der Waals surface area contributed by atoms with Gasteiger partial charge in [-0.2, -0.15) is 4.57 Å². The molecule has 0 radical (unpaired) electrons. The van der Waals surface area contributed by atoms with Crippen molar-refractivity contribution in [2.45, 2.75) is 12.8 Å². The molecule has 1 aliphatic rings. The Bertz CT molecular complexity index is 684. The van der Waals surface area contributed by atoms with Gasteiger partial charge >= 0.3 is 0 Å². The van der Waals surface area contributed by atoms with Crippen molar-refractivity contribution < 1.29 is 14.1 Å². The SMILES string of the molecule is COc1ccc(C(=O)/C=C/[n+]2ccc(N3CCCC3)cc2)cc1. The maximum Gasteiger partial charge on any atom is 0.191 e. The fourth-order valence-electron chi connectivity index (χ4n) is 2.72. The third-order valence-corrected chi connectivity index (χ3v) is 4.08. The molecule has 0 spiro atoms. The Kier molecular flexibility index (Phi) is 4.71. The van der Waals surface area contributed by atoms with Gasteiger partial charge in [-0.3, -0.25) is 4.79 Å². The Morgan fingerprint density at radius 1 is 1.09 bits per heavy atom. The molecule has 0 N–H and O–H groups in total. The van der Waals surface area contributed by atoms with Crippen LogP contribution in [0.25, 0.3) is 6.20 Å². The molecule has 23 heavy (non-hydrogen) atoms. The third-order valence-electron chi connectivity index (χ3n) is 4.08. The van der Waals surface area contributed by atoms with Gasteiger partial charge in [0.2, 0.25) is 0 Å². The molecule has 4 heteroatoms. The molecular formula is C19H21N2O2+. The first-order valence-electron chi connectivity index (χ1n) is 7.88. The molecule has 1 aromatic heterocycles. The van der Waals surface area contributed by atoms with Crippen LogP contribution in [0.15, 0.2) is 54.9 Å². The normalized spacial score (nSPS) is 14.4. The fourth-order valence-corrected chi connectivity index (χ4v) is 2.72. The molecule has 2 aromatic rings. The number of benzene rings is 1. The quantitative estimate of drug-likeness (QED) is 0.484. The fraction of sp³-hybridized carbons (Fsp3) is 0.263. The van der Waals surface area contributed by atoms with Crippen LogP contribution in [0.1, 0.15) is 23.2 Å². The van der Waals surface area contributed by atoms with Crippen LogP contribution in [-0.2, 0) is 0 Å². The van der Waals surface area contributed by atoms with E-state index in [1.54, 1.807) is 43.7 Å². The Balaban J connectivity index is 1.65. The Morgan fingerprint density at radius 2 is 1.74 bits per heavy atom. The number of hydrogen-bond donors (Lipinski definition) is 0. The number of carbonyl (C=O) groups is 1. The maximum atomic E-state index is 12.1. The number of nitrogens with zero attached hydrogens (tertiary/aromatic N) is 2. The average Bonchev–Trinajstić information content (AvgIpc) is 3.15. The number of rotatable bonds is 5. The van der Waals surface area contributed by atoms with Crippen LogP contribution in [0, 0.1) is 0 Å². The van der Waals surface area contributed by atoms with E-state index in [1.807, 2.05) is 17.0 Å². The second kappa shape index (κ2) is 7.09. The third kappa shape index (κ3) is 3.77. The molecule has 1 aromatic carbocycles. The van der Waals surface area contributed by atoms with Crippen molar-refractivity contribution in [3.63, 3.8) is 0 Å². The van der Waals surface area contributed by atoms with Gasteiger partial charge in [-0.25, -0.2) is 0 Å². The first-order valence-corrected chi connectivity index (χ1v) is 7.88. The van der Waals surface area contributed by atoms with E-state index in [1.165, 1.54) is 18.5 Å². The van der Waals surface area contributed by atoms with Crippen molar-refractivity contribution in [1.29, 1.82) is 0 Å². The van der Waals surface area contributed by atoms with Gasteiger partial charge < -0.3 is 9.64 Å². The first kappa shape index (κ1) is 15.3. The predicted octanol–water partition coefficient (Wildman–Crippen LogP) is 2.94. The van der Waals surface area contributed by atoms with Crippen LogP contribution in [0.4, 0.5) is 5.69 Å². The molecule has 118 valence electrons. The molecule has 0 amide bonds. The van der Waals surface area contributed by atoms with E-state index in [-0.39, 0.29) is 5.78 Å². The second-order valence-electron chi connectivity index (χ2n) is 5.61. The monoisotopic (exact) mass is 309 g/mol. The van der Waals surface area contributed by atoms with Crippen molar-refractivity contribution in [3.05, 3.63) is 60.4 Å². The number of carbonyl (C=O) groups excluding carboxylic acids is 1. The molecule has 0 atom stereocenters. The van der Waals surface area contributed by atoms with E-state index in [0.29, 0.717) is 5.56 Å². The molecule has 1 saturated heterocycles. The van der Waals surface area contributed by atoms with Gasteiger partial charge in [-0.15, -0.1) is 0 Å². The van der Waals surface area contributed by atoms with Crippen LogP contribution < -0.4 is 14.2 Å². The van der Waals surface area contributed by atoms with Gasteiger partial charge in [-0.1, -0.05) is 0 Å². The summed E-state index contributed by atoms with van der Waals surface area (Å²) in [6.45, 7) is 2.27. The summed E-state index contributed by atoms with van der Waals surface area (Å²) in [5.41, 5.74) is 1.89. The highest BCUT2D eigenvalue weighted by Gasteiger charge is 2.13. The minimum atomic E-state index is -0.0243. The number of hydrogen-bond acceptors (Lipinski definition) is 3. The molecule has 1 aliphatic heterocycles. The lowest BCUT2D eigenvalue weighted by Crippen LogP contribution is -2.26. The molecule has 0 aliphatic carbocycles. The standard InChI is InChI=1S/C19H21N2O2/c1-23-18-6-4-16(5-7-18)19(22)10-15-20-13-8-17(9-14-20)21-11-2-3-12-21/h4-10,13-15H,2-3,11-12H2,1H3/q+1/b15-10+. The largest absolute Gasteiger partial charge is 0.497 e. The maximum absolute atomic E-state index is 12.1. The minimum Gasteiger partial charge on any atom is -0.497 e. The summed E-state index contributed by atoms with van der Waals surface area (Å²) in [6.07, 6.45) is 9.85. The zero-order valence-electron chi connectivity index (χ0n) is 13.3. The van der Waals surface area contributed by atoms with Crippen LogP contribution in [0.5, 0.6) is 5.75 Å². The lowest BCUT2D eigenvalue weighted by molar-refractivity contribution is -0.568. The van der Waals surface area contributed by atoms with Crippen LogP contribution in [-0.4, -0.2) is 26.0 Å². The summed E-state index contributed by atoms with van der Waals surface area (Å²) in [6, 6.07) is 11.3. The summed E-state index contributed by atoms with van der Waals surface area (Å²) in [4.78, 5) is 14.5. The molecule has 0 unspecified atom stereocenters.